The van der Waals surface area contributed by atoms with Gasteiger partial charge in [-0.1, -0.05) is 26.2 Å². The van der Waals surface area contributed by atoms with E-state index in [0.717, 1.165) is 25.7 Å². The molecule has 3 rings (SSSR count). The smallest absolute Gasteiger partial charge is 0.263 e. The number of morpholine rings is 1. The lowest BCUT2D eigenvalue weighted by Crippen LogP contribution is -2.60. The summed E-state index contributed by atoms with van der Waals surface area (Å²) in [5, 5.41) is 0. The second-order valence-electron chi connectivity index (χ2n) is 6.27. The third-order valence-corrected chi connectivity index (χ3v) is 5.13. The van der Waals surface area contributed by atoms with Crippen LogP contribution in [0.15, 0.2) is 0 Å². The molecule has 1 spiro atoms. The van der Waals surface area contributed by atoms with Crippen molar-refractivity contribution in [3.8, 4) is 0 Å². The molecule has 0 aromatic heterocycles. The Morgan fingerprint density at radius 3 is 2.47 bits per heavy atom. The van der Waals surface area contributed by atoms with E-state index in [2.05, 4.69) is 0 Å². The lowest BCUT2D eigenvalue weighted by molar-refractivity contribution is -0.156. The Hall–Kier alpha value is -0.710. The van der Waals surface area contributed by atoms with E-state index in [4.69, 9.17) is 4.74 Å². The van der Waals surface area contributed by atoms with Crippen LogP contribution in [0.2, 0.25) is 0 Å². The zero-order chi connectivity index (χ0) is 13.7. The number of carbonyl (C=O) groups excluding carboxylic acids is 1. The van der Waals surface area contributed by atoms with Crippen LogP contribution >= 0.6 is 0 Å². The number of alkyl halides is 2. The first kappa shape index (κ1) is 13.3. The van der Waals surface area contributed by atoms with E-state index in [1.54, 1.807) is 4.90 Å². The van der Waals surface area contributed by atoms with Crippen LogP contribution in [0, 0.1) is 11.8 Å². The number of ether oxygens (including phenoxy) is 1. The summed E-state index contributed by atoms with van der Waals surface area (Å²) < 4.78 is 32.5. The molecule has 1 amide bonds. The number of hydrogen-bond acceptors (Lipinski definition) is 2. The Bertz CT molecular complexity index is 371. The van der Waals surface area contributed by atoms with E-state index in [1.165, 1.54) is 13.3 Å². The molecule has 0 N–H and O–H groups in total. The van der Waals surface area contributed by atoms with Crippen molar-refractivity contribution in [2.75, 3.05) is 19.8 Å². The Morgan fingerprint density at radius 2 is 1.89 bits per heavy atom. The fraction of sp³-hybridized carbons (Fsp3) is 0.929. The van der Waals surface area contributed by atoms with E-state index < -0.39 is 17.8 Å². The highest BCUT2D eigenvalue weighted by atomic mass is 19.3. The number of nitrogens with zero attached hydrogens (tertiary/aromatic N) is 1. The van der Waals surface area contributed by atoms with Gasteiger partial charge in [-0.25, -0.2) is 8.78 Å². The predicted octanol–water partition coefficient (Wildman–Crippen LogP) is 2.45. The number of hydrogen-bond donors (Lipinski definition) is 0. The average Bonchev–Trinajstić information content (AvgIpc) is 2.89. The molecule has 5 heteroatoms. The zero-order valence-corrected chi connectivity index (χ0v) is 11.3. The van der Waals surface area contributed by atoms with Gasteiger partial charge in [0.15, 0.2) is 0 Å². The first-order valence-electron chi connectivity index (χ1n) is 7.26. The molecule has 1 saturated heterocycles. The molecule has 1 aliphatic heterocycles. The van der Waals surface area contributed by atoms with E-state index in [-0.39, 0.29) is 11.4 Å². The average molecular weight is 273 g/mol. The topological polar surface area (TPSA) is 29.5 Å². The molecule has 2 saturated carbocycles. The van der Waals surface area contributed by atoms with Crippen LogP contribution < -0.4 is 0 Å². The summed E-state index contributed by atoms with van der Waals surface area (Å²) in [6.07, 6.45) is 5.07. The van der Waals surface area contributed by atoms with Crippen molar-refractivity contribution in [2.24, 2.45) is 11.8 Å². The van der Waals surface area contributed by atoms with E-state index in [9.17, 15) is 13.6 Å². The van der Waals surface area contributed by atoms with Crippen molar-refractivity contribution >= 4 is 5.91 Å². The highest BCUT2D eigenvalue weighted by molar-refractivity contribution is 5.84. The van der Waals surface area contributed by atoms with Crippen LogP contribution in [-0.2, 0) is 9.53 Å². The monoisotopic (exact) mass is 273 g/mol. The molecule has 3 aliphatic rings. The molecule has 2 aliphatic carbocycles. The van der Waals surface area contributed by atoms with Crippen LogP contribution in [0.3, 0.4) is 0 Å². The largest absolute Gasteiger partial charge is 0.377 e. The van der Waals surface area contributed by atoms with E-state index in [0.29, 0.717) is 19.8 Å². The standard InChI is InChI=1S/C14H21F2NO2/c1-10-11(14(10,15)16)12(18)17-7-8-19-9-13(17)5-3-2-4-6-13/h10-11H,2-9H2,1H3. The maximum absolute atomic E-state index is 13.5. The van der Waals surface area contributed by atoms with Crippen molar-refractivity contribution in [1.82, 2.24) is 4.90 Å². The van der Waals surface area contributed by atoms with Crippen molar-refractivity contribution in [3.63, 3.8) is 0 Å². The molecule has 3 nitrogen and oxygen atoms in total. The van der Waals surface area contributed by atoms with Crippen LogP contribution in [0.1, 0.15) is 39.0 Å². The van der Waals surface area contributed by atoms with Crippen molar-refractivity contribution in [2.45, 2.75) is 50.5 Å². The summed E-state index contributed by atoms with van der Waals surface area (Å²) in [6, 6.07) is 0. The van der Waals surface area contributed by atoms with Crippen molar-refractivity contribution in [3.05, 3.63) is 0 Å². The maximum atomic E-state index is 13.5. The van der Waals surface area contributed by atoms with Gasteiger partial charge in [-0.3, -0.25) is 4.79 Å². The number of rotatable bonds is 1. The summed E-state index contributed by atoms with van der Waals surface area (Å²) in [4.78, 5) is 14.2. The summed E-state index contributed by atoms with van der Waals surface area (Å²) >= 11 is 0. The van der Waals surface area contributed by atoms with Gasteiger partial charge in [0.05, 0.1) is 18.8 Å². The fourth-order valence-corrected chi connectivity index (χ4v) is 3.73. The highest BCUT2D eigenvalue weighted by Crippen LogP contribution is 2.56. The molecule has 3 fully saturated rings. The summed E-state index contributed by atoms with van der Waals surface area (Å²) in [7, 11) is 0. The van der Waals surface area contributed by atoms with Gasteiger partial charge >= 0.3 is 0 Å². The normalized spacial score (nSPS) is 36.3. The number of amides is 1. The minimum atomic E-state index is -2.80. The molecule has 0 aromatic carbocycles. The second kappa shape index (κ2) is 4.40. The predicted molar refractivity (Wildman–Crippen MR) is 65.9 cm³/mol. The van der Waals surface area contributed by atoms with Crippen LogP contribution in [-0.4, -0.2) is 42.0 Å². The Morgan fingerprint density at radius 1 is 1.26 bits per heavy atom. The maximum Gasteiger partial charge on any atom is 0.263 e. The Balaban J connectivity index is 1.79. The summed E-state index contributed by atoms with van der Waals surface area (Å²) in [6.45, 7) is 2.93. The quantitative estimate of drug-likeness (QED) is 0.734. The molecular formula is C14H21F2NO2. The molecule has 0 bridgehead atoms. The Kier molecular flexibility index (Phi) is 3.08. The first-order valence-corrected chi connectivity index (χ1v) is 7.26. The Labute approximate surface area is 112 Å². The van der Waals surface area contributed by atoms with Crippen LogP contribution in [0.4, 0.5) is 8.78 Å². The molecule has 108 valence electrons. The summed E-state index contributed by atoms with van der Waals surface area (Å²) in [5.41, 5.74) is -0.300. The van der Waals surface area contributed by atoms with Crippen LogP contribution in [0.25, 0.3) is 0 Å². The highest BCUT2D eigenvalue weighted by Gasteiger charge is 2.70. The van der Waals surface area contributed by atoms with Crippen LogP contribution in [0.5, 0.6) is 0 Å². The molecule has 2 atom stereocenters. The number of carbonyl (C=O) groups is 1. The molecular weight excluding hydrogens is 252 g/mol. The van der Waals surface area contributed by atoms with Crippen molar-refractivity contribution in [1.29, 1.82) is 0 Å². The third kappa shape index (κ3) is 1.97. The fourth-order valence-electron chi connectivity index (χ4n) is 3.73. The van der Waals surface area contributed by atoms with Gasteiger partial charge in [0.2, 0.25) is 5.91 Å². The minimum Gasteiger partial charge on any atom is -0.377 e. The molecule has 1 heterocycles. The first-order chi connectivity index (χ1) is 8.99. The molecule has 2 unspecified atom stereocenters. The lowest BCUT2D eigenvalue weighted by Gasteiger charge is -2.49. The lowest BCUT2D eigenvalue weighted by atomic mass is 9.80. The van der Waals surface area contributed by atoms with Gasteiger partial charge in [-0.15, -0.1) is 0 Å². The van der Waals surface area contributed by atoms with Gasteiger partial charge in [0.25, 0.3) is 5.92 Å². The van der Waals surface area contributed by atoms with E-state index >= 15 is 0 Å². The molecule has 0 radical (unpaired) electrons. The van der Waals surface area contributed by atoms with Gasteiger partial charge in [0.1, 0.15) is 5.92 Å². The SMILES string of the molecule is CC1C(C(=O)N2CCOCC23CCCCC3)C1(F)F. The third-order valence-electron chi connectivity index (χ3n) is 5.13. The summed E-state index contributed by atoms with van der Waals surface area (Å²) in [5.74, 6) is -5.04. The zero-order valence-electron chi connectivity index (χ0n) is 11.3. The minimum absolute atomic E-state index is 0.300. The van der Waals surface area contributed by atoms with Gasteiger partial charge in [0, 0.05) is 12.5 Å². The van der Waals surface area contributed by atoms with E-state index in [1.807, 2.05) is 0 Å². The molecule has 19 heavy (non-hydrogen) atoms. The van der Waals surface area contributed by atoms with Gasteiger partial charge in [-0.05, 0) is 12.8 Å². The second-order valence-corrected chi connectivity index (χ2v) is 6.27. The molecule has 0 aromatic rings. The van der Waals surface area contributed by atoms with Gasteiger partial charge < -0.3 is 9.64 Å². The van der Waals surface area contributed by atoms with Crippen molar-refractivity contribution < 1.29 is 18.3 Å². The van der Waals surface area contributed by atoms with Gasteiger partial charge in [-0.2, -0.15) is 0 Å². The number of halogens is 2.